The molecule has 0 bridgehead atoms. The molecule has 0 unspecified atom stereocenters. The molecule has 3 aromatic rings. The molecule has 1 aromatic heterocycles. The minimum Gasteiger partial charge on any atom is -0.298 e. The molecule has 0 aliphatic rings. The van der Waals surface area contributed by atoms with Crippen molar-refractivity contribution < 1.29 is 0 Å². The van der Waals surface area contributed by atoms with E-state index in [9.17, 15) is 0 Å². The SMILES string of the molecule is CC(C)(C)c1ccc(-c2nnc(SCCCC#N)n2Cc2ccccc2)cc1. The molecule has 144 valence electrons. The van der Waals surface area contributed by atoms with Gasteiger partial charge in [0, 0.05) is 17.7 Å². The van der Waals surface area contributed by atoms with E-state index in [1.807, 2.05) is 6.07 Å². The van der Waals surface area contributed by atoms with Crippen LogP contribution >= 0.6 is 11.8 Å². The second-order valence-corrected chi connectivity index (χ2v) is 8.88. The van der Waals surface area contributed by atoms with Gasteiger partial charge in [-0.2, -0.15) is 5.26 Å². The molecule has 0 fully saturated rings. The molecule has 0 saturated carbocycles. The molecule has 28 heavy (non-hydrogen) atoms. The zero-order valence-corrected chi connectivity index (χ0v) is 17.5. The van der Waals surface area contributed by atoms with Crippen molar-refractivity contribution in [2.24, 2.45) is 0 Å². The van der Waals surface area contributed by atoms with E-state index in [4.69, 9.17) is 5.26 Å². The molecule has 2 aromatic carbocycles. The quantitative estimate of drug-likeness (QED) is 0.384. The van der Waals surface area contributed by atoms with Gasteiger partial charge in [-0.1, -0.05) is 87.1 Å². The highest BCUT2D eigenvalue weighted by Gasteiger charge is 2.17. The molecule has 3 rings (SSSR count). The van der Waals surface area contributed by atoms with Crippen LogP contribution in [-0.4, -0.2) is 20.5 Å². The van der Waals surface area contributed by atoms with Gasteiger partial charge in [0.25, 0.3) is 0 Å². The Morgan fingerprint density at radius 3 is 2.36 bits per heavy atom. The molecular formula is C23H26N4S. The second-order valence-electron chi connectivity index (χ2n) is 7.82. The Morgan fingerprint density at radius 1 is 1.00 bits per heavy atom. The summed E-state index contributed by atoms with van der Waals surface area (Å²) < 4.78 is 2.18. The minimum absolute atomic E-state index is 0.123. The van der Waals surface area contributed by atoms with Gasteiger partial charge < -0.3 is 0 Å². The van der Waals surface area contributed by atoms with E-state index in [1.165, 1.54) is 11.1 Å². The van der Waals surface area contributed by atoms with Gasteiger partial charge in [0.05, 0.1) is 12.6 Å². The van der Waals surface area contributed by atoms with E-state index in [1.54, 1.807) is 11.8 Å². The summed E-state index contributed by atoms with van der Waals surface area (Å²) in [5.41, 5.74) is 3.71. The summed E-state index contributed by atoms with van der Waals surface area (Å²) in [4.78, 5) is 0. The first-order valence-corrected chi connectivity index (χ1v) is 10.6. The summed E-state index contributed by atoms with van der Waals surface area (Å²) in [6, 6.07) is 21.2. The predicted molar refractivity (Wildman–Crippen MR) is 115 cm³/mol. The molecule has 0 spiro atoms. The highest BCUT2D eigenvalue weighted by atomic mass is 32.2. The lowest BCUT2D eigenvalue weighted by atomic mass is 9.87. The van der Waals surface area contributed by atoms with Gasteiger partial charge in [-0.25, -0.2) is 0 Å². The van der Waals surface area contributed by atoms with Crippen LogP contribution in [-0.2, 0) is 12.0 Å². The van der Waals surface area contributed by atoms with Gasteiger partial charge in [-0.15, -0.1) is 10.2 Å². The summed E-state index contributed by atoms with van der Waals surface area (Å²) in [5.74, 6) is 1.75. The minimum atomic E-state index is 0.123. The third-order valence-electron chi connectivity index (χ3n) is 4.57. The van der Waals surface area contributed by atoms with Gasteiger partial charge in [0.2, 0.25) is 0 Å². The van der Waals surface area contributed by atoms with Crippen molar-refractivity contribution >= 4 is 11.8 Å². The summed E-state index contributed by atoms with van der Waals surface area (Å²) >= 11 is 1.67. The van der Waals surface area contributed by atoms with Crippen molar-refractivity contribution in [1.82, 2.24) is 14.8 Å². The summed E-state index contributed by atoms with van der Waals surface area (Å²) in [6.07, 6.45) is 1.43. The van der Waals surface area contributed by atoms with E-state index in [0.717, 1.165) is 35.3 Å². The number of hydrogen-bond acceptors (Lipinski definition) is 4. The Labute approximate surface area is 171 Å². The first-order valence-electron chi connectivity index (χ1n) is 9.57. The Kier molecular flexibility index (Phi) is 6.53. The number of benzene rings is 2. The molecule has 0 N–H and O–H groups in total. The van der Waals surface area contributed by atoms with Crippen LogP contribution in [0.5, 0.6) is 0 Å². The predicted octanol–water partition coefficient (Wildman–Crippen LogP) is 5.69. The second kappa shape index (κ2) is 9.07. The average Bonchev–Trinajstić information content (AvgIpc) is 3.08. The van der Waals surface area contributed by atoms with Crippen LogP contribution in [0, 0.1) is 11.3 Å². The van der Waals surface area contributed by atoms with Crippen molar-refractivity contribution in [3.8, 4) is 17.5 Å². The molecule has 0 saturated heterocycles. The van der Waals surface area contributed by atoms with Crippen LogP contribution in [0.4, 0.5) is 0 Å². The monoisotopic (exact) mass is 390 g/mol. The smallest absolute Gasteiger partial charge is 0.191 e. The lowest BCUT2D eigenvalue weighted by Crippen LogP contribution is -2.10. The van der Waals surface area contributed by atoms with Gasteiger partial charge in [-0.05, 0) is 23.0 Å². The zero-order chi connectivity index (χ0) is 20.0. The number of aromatic nitrogens is 3. The number of thioether (sulfide) groups is 1. The number of nitrogens with zero attached hydrogens (tertiary/aromatic N) is 4. The van der Waals surface area contributed by atoms with E-state index < -0.39 is 0 Å². The van der Waals surface area contributed by atoms with Crippen LogP contribution in [0.15, 0.2) is 59.8 Å². The summed E-state index contributed by atoms with van der Waals surface area (Å²) in [6.45, 7) is 7.38. The first-order chi connectivity index (χ1) is 13.5. The zero-order valence-electron chi connectivity index (χ0n) is 16.7. The van der Waals surface area contributed by atoms with Crippen molar-refractivity contribution in [3.05, 3.63) is 65.7 Å². The molecule has 0 aliphatic heterocycles. The van der Waals surface area contributed by atoms with Gasteiger partial charge >= 0.3 is 0 Å². The van der Waals surface area contributed by atoms with Crippen LogP contribution in [0.1, 0.15) is 44.7 Å². The van der Waals surface area contributed by atoms with Crippen LogP contribution < -0.4 is 0 Å². The Hall–Kier alpha value is -2.58. The Bertz CT molecular complexity index is 931. The standard InChI is InChI=1S/C23H26N4S/c1-23(2,3)20-13-11-19(12-14-20)21-25-26-22(28-16-8-7-15-24)27(21)17-18-9-5-4-6-10-18/h4-6,9-14H,7-8,16-17H2,1-3H3. The molecular weight excluding hydrogens is 364 g/mol. The van der Waals surface area contributed by atoms with Crippen molar-refractivity contribution in [2.45, 2.75) is 50.7 Å². The van der Waals surface area contributed by atoms with Crippen molar-refractivity contribution in [3.63, 3.8) is 0 Å². The van der Waals surface area contributed by atoms with Crippen LogP contribution in [0.3, 0.4) is 0 Å². The number of hydrogen-bond donors (Lipinski definition) is 0. The molecule has 0 amide bonds. The van der Waals surface area contributed by atoms with Gasteiger partial charge in [0.15, 0.2) is 11.0 Å². The van der Waals surface area contributed by atoms with Gasteiger partial charge in [0.1, 0.15) is 0 Å². The highest BCUT2D eigenvalue weighted by Crippen LogP contribution is 2.28. The van der Waals surface area contributed by atoms with E-state index in [0.29, 0.717) is 6.42 Å². The number of unbranched alkanes of at least 4 members (excludes halogenated alkanes) is 1. The normalized spacial score (nSPS) is 11.4. The Morgan fingerprint density at radius 2 is 1.71 bits per heavy atom. The van der Waals surface area contributed by atoms with E-state index >= 15 is 0 Å². The molecule has 1 heterocycles. The van der Waals surface area contributed by atoms with E-state index in [2.05, 4.69) is 90.1 Å². The Balaban J connectivity index is 1.91. The molecule has 4 nitrogen and oxygen atoms in total. The highest BCUT2D eigenvalue weighted by molar-refractivity contribution is 7.99. The van der Waals surface area contributed by atoms with E-state index in [-0.39, 0.29) is 5.41 Å². The van der Waals surface area contributed by atoms with Crippen molar-refractivity contribution in [2.75, 3.05) is 5.75 Å². The summed E-state index contributed by atoms with van der Waals surface area (Å²) in [5, 5.41) is 18.6. The van der Waals surface area contributed by atoms with Crippen LogP contribution in [0.2, 0.25) is 0 Å². The number of rotatable bonds is 7. The van der Waals surface area contributed by atoms with Crippen LogP contribution in [0.25, 0.3) is 11.4 Å². The maximum atomic E-state index is 8.75. The first kappa shape index (κ1) is 20.2. The maximum Gasteiger partial charge on any atom is 0.191 e. The average molecular weight is 391 g/mol. The summed E-state index contributed by atoms with van der Waals surface area (Å²) in [7, 11) is 0. The fraction of sp³-hybridized carbons (Fsp3) is 0.348. The topological polar surface area (TPSA) is 54.5 Å². The van der Waals surface area contributed by atoms with Crippen molar-refractivity contribution in [1.29, 1.82) is 5.26 Å². The molecule has 5 heteroatoms. The lowest BCUT2D eigenvalue weighted by Gasteiger charge is -2.19. The molecule has 0 radical (unpaired) electrons. The maximum absolute atomic E-state index is 8.75. The number of nitriles is 1. The molecule has 0 atom stereocenters. The fourth-order valence-electron chi connectivity index (χ4n) is 2.95. The third-order valence-corrected chi connectivity index (χ3v) is 5.63. The third kappa shape index (κ3) is 5.02. The molecule has 0 aliphatic carbocycles. The largest absolute Gasteiger partial charge is 0.298 e. The lowest BCUT2D eigenvalue weighted by molar-refractivity contribution is 0.590. The van der Waals surface area contributed by atoms with Gasteiger partial charge in [-0.3, -0.25) is 4.57 Å². The fourth-order valence-corrected chi connectivity index (χ4v) is 3.83.